The highest BCUT2D eigenvalue weighted by atomic mass is 16.2. The zero-order chi connectivity index (χ0) is 15.7. The lowest BCUT2D eigenvalue weighted by molar-refractivity contribution is -0.129. The molecule has 0 saturated carbocycles. The number of nitriles is 1. The third-order valence-corrected chi connectivity index (χ3v) is 4.71. The molecule has 0 unspecified atom stereocenters. The lowest BCUT2D eigenvalue weighted by Crippen LogP contribution is -2.44. The standard InChI is InChI=1S/C17H31N3O/c1-4-9-17(14-18,10-5-2)16(21)19-13-15-7-11-20(6-3)12-8-15/h15H,4-13H2,1-3H3,(H,19,21). The van der Waals surface area contributed by atoms with E-state index in [9.17, 15) is 10.1 Å². The molecule has 0 spiro atoms. The minimum atomic E-state index is -0.812. The SMILES string of the molecule is CCCC(C#N)(CCC)C(=O)NCC1CCN(CC)CC1. The molecule has 0 aromatic carbocycles. The van der Waals surface area contributed by atoms with Gasteiger partial charge in [0.05, 0.1) is 6.07 Å². The molecule has 4 nitrogen and oxygen atoms in total. The molecule has 1 saturated heterocycles. The summed E-state index contributed by atoms with van der Waals surface area (Å²) in [6, 6.07) is 2.30. The summed E-state index contributed by atoms with van der Waals surface area (Å²) in [6.45, 7) is 10.4. The van der Waals surface area contributed by atoms with Gasteiger partial charge in [-0.15, -0.1) is 0 Å². The van der Waals surface area contributed by atoms with Crippen molar-refractivity contribution >= 4 is 5.91 Å². The van der Waals surface area contributed by atoms with E-state index in [4.69, 9.17) is 0 Å². The van der Waals surface area contributed by atoms with Gasteiger partial charge in [0.2, 0.25) is 5.91 Å². The summed E-state index contributed by atoms with van der Waals surface area (Å²) < 4.78 is 0. The van der Waals surface area contributed by atoms with E-state index in [2.05, 4.69) is 23.2 Å². The summed E-state index contributed by atoms with van der Waals surface area (Å²) in [6.07, 6.45) is 5.37. The van der Waals surface area contributed by atoms with Gasteiger partial charge in [0.25, 0.3) is 0 Å². The van der Waals surface area contributed by atoms with Gasteiger partial charge in [-0.3, -0.25) is 4.79 Å². The highest BCUT2D eigenvalue weighted by molar-refractivity contribution is 5.85. The van der Waals surface area contributed by atoms with Gasteiger partial charge in [-0.2, -0.15) is 5.26 Å². The summed E-state index contributed by atoms with van der Waals surface area (Å²) in [5, 5.41) is 12.6. The van der Waals surface area contributed by atoms with Crippen LogP contribution in [0.5, 0.6) is 0 Å². The number of carbonyl (C=O) groups is 1. The van der Waals surface area contributed by atoms with Gasteiger partial charge in [0.15, 0.2) is 0 Å². The van der Waals surface area contributed by atoms with E-state index in [1.165, 1.54) is 0 Å². The Bertz CT molecular complexity index is 348. The number of carbonyl (C=O) groups excluding carboxylic acids is 1. The van der Waals surface area contributed by atoms with Gasteiger partial charge >= 0.3 is 0 Å². The Hall–Kier alpha value is -1.08. The van der Waals surface area contributed by atoms with Crippen molar-refractivity contribution in [3.63, 3.8) is 0 Å². The fourth-order valence-corrected chi connectivity index (χ4v) is 3.28. The number of likely N-dealkylation sites (tertiary alicyclic amines) is 1. The second-order valence-electron chi connectivity index (χ2n) is 6.28. The van der Waals surface area contributed by atoms with Crippen LogP contribution in [0.15, 0.2) is 0 Å². The van der Waals surface area contributed by atoms with E-state index in [1.54, 1.807) is 0 Å². The maximum atomic E-state index is 12.5. The largest absolute Gasteiger partial charge is 0.354 e. The lowest BCUT2D eigenvalue weighted by Gasteiger charge is -2.32. The van der Waals surface area contributed by atoms with E-state index in [-0.39, 0.29) is 5.91 Å². The fraction of sp³-hybridized carbons (Fsp3) is 0.882. The Morgan fingerprint density at radius 3 is 2.24 bits per heavy atom. The molecule has 0 radical (unpaired) electrons. The van der Waals surface area contributed by atoms with Crippen LogP contribution in [0.25, 0.3) is 0 Å². The molecule has 21 heavy (non-hydrogen) atoms. The first-order valence-corrected chi connectivity index (χ1v) is 8.53. The molecule has 0 aliphatic carbocycles. The summed E-state index contributed by atoms with van der Waals surface area (Å²) in [7, 11) is 0. The first-order valence-electron chi connectivity index (χ1n) is 8.53. The molecule has 1 heterocycles. The van der Waals surface area contributed by atoms with Crippen molar-refractivity contribution in [1.82, 2.24) is 10.2 Å². The molecule has 1 aliphatic rings. The Balaban J connectivity index is 2.49. The predicted molar refractivity (Wildman–Crippen MR) is 85.7 cm³/mol. The van der Waals surface area contributed by atoms with Crippen LogP contribution >= 0.6 is 0 Å². The third-order valence-electron chi connectivity index (χ3n) is 4.71. The van der Waals surface area contributed by atoms with Gasteiger partial charge in [-0.25, -0.2) is 0 Å². The van der Waals surface area contributed by atoms with Crippen molar-refractivity contribution < 1.29 is 4.79 Å². The van der Waals surface area contributed by atoms with Crippen LogP contribution in [0.4, 0.5) is 0 Å². The van der Waals surface area contributed by atoms with E-state index in [0.717, 1.165) is 51.9 Å². The summed E-state index contributed by atoms with van der Waals surface area (Å²) in [4.78, 5) is 14.9. The number of nitrogens with zero attached hydrogens (tertiary/aromatic N) is 2. The fourth-order valence-electron chi connectivity index (χ4n) is 3.28. The summed E-state index contributed by atoms with van der Waals surface area (Å²) in [5.74, 6) is 0.517. The van der Waals surface area contributed by atoms with Crippen LogP contribution in [0.1, 0.15) is 59.3 Å². The topological polar surface area (TPSA) is 56.1 Å². The first-order chi connectivity index (χ1) is 10.1. The second-order valence-corrected chi connectivity index (χ2v) is 6.28. The number of hydrogen-bond donors (Lipinski definition) is 1. The first kappa shape index (κ1) is 18.0. The molecule has 1 rings (SSSR count). The minimum Gasteiger partial charge on any atom is -0.354 e. The Morgan fingerprint density at radius 1 is 1.24 bits per heavy atom. The van der Waals surface area contributed by atoms with E-state index < -0.39 is 5.41 Å². The van der Waals surface area contributed by atoms with Gasteiger partial charge in [-0.05, 0) is 51.2 Å². The molecule has 1 fully saturated rings. The molecule has 1 N–H and O–H groups in total. The maximum Gasteiger partial charge on any atom is 0.240 e. The predicted octanol–water partition coefficient (Wildman–Crippen LogP) is 2.94. The van der Waals surface area contributed by atoms with Crippen LogP contribution in [0, 0.1) is 22.7 Å². The molecule has 0 aromatic heterocycles. The van der Waals surface area contributed by atoms with Gasteiger partial charge < -0.3 is 10.2 Å². The van der Waals surface area contributed by atoms with Gasteiger partial charge in [0.1, 0.15) is 5.41 Å². The zero-order valence-electron chi connectivity index (χ0n) is 14.0. The second kappa shape index (κ2) is 9.04. The maximum absolute atomic E-state index is 12.5. The van der Waals surface area contributed by atoms with Crippen molar-refractivity contribution in [2.24, 2.45) is 11.3 Å². The van der Waals surface area contributed by atoms with Crippen LogP contribution < -0.4 is 5.32 Å². The van der Waals surface area contributed by atoms with E-state index in [1.807, 2.05) is 13.8 Å². The summed E-state index contributed by atoms with van der Waals surface area (Å²) >= 11 is 0. The molecular weight excluding hydrogens is 262 g/mol. The number of amides is 1. The molecular formula is C17H31N3O. The van der Waals surface area contributed by atoms with Crippen molar-refractivity contribution in [3.05, 3.63) is 0 Å². The van der Waals surface area contributed by atoms with Crippen molar-refractivity contribution in [2.45, 2.75) is 59.3 Å². The monoisotopic (exact) mass is 293 g/mol. The number of piperidine rings is 1. The molecule has 1 aliphatic heterocycles. The molecule has 120 valence electrons. The summed E-state index contributed by atoms with van der Waals surface area (Å²) in [5.41, 5.74) is -0.812. The van der Waals surface area contributed by atoms with Gasteiger partial charge in [0, 0.05) is 6.54 Å². The van der Waals surface area contributed by atoms with Crippen molar-refractivity contribution in [2.75, 3.05) is 26.2 Å². The van der Waals surface area contributed by atoms with E-state index in [0.29, 0.717) is 18.8 Å². The average molecular weight is 293 g/mol. The van der Waals surface area contributed by atoms with Gasteiger partial charge in [-0.1, -0.05) is 33.6 Å². The van der Waals surface area contributed by atoms with Crippen molar-refractivity contribution in [1.29, 1.82) is 5.26 Å². The highest BCUT2D eigenvalue weighted by Gasteiger charge is 2.37. The quantitative estimate of drug-likeness (QED) is 0.748. The molecule has 0 atom stereocenters. The van der Waals surface area contributed by atoms with Crippen LogP contribution in [0.2, 0.25) is 0 Å². The van der Waals surface area contributed by atoms with Crippen LogP contribution in [-0.4, -0.2) is 37.0 Å². The minimum absolute atomic E-state index is 0.0494. The highest BCUT2D eigenvalue weighted by Crippen LogP contribution is 2.29. The molecule has 1 amide bonds. The number of nitrogens with one attached hydrogen (secondary N) is 1. The average Bonchev–Trinajstić information content (AvgIpc) is 2.52. The van der Waals surface area contributed by atoms with Crippen LogP contribution in [0.3, 0.4) is 0 Å². The Morgan fingerprint density at radius 2 is 1.81 bits per heavy atom. The Kier molecular flexibility index (Phi) is 7.74. The third kappa shape index (κ3) is 5.00. The number of rotatable bonds is 8. The zero-order valence-corrected chi connectivity index (χ0v) is 14.0. The smallest absolute Gasteiger partial charge is 0.240 e. The molecule has 0 aromatic rings. The normalized spacial score (nSPS) is 17.4. The Labute approximate surface area is 129 Å². The van der Waals surface area contributed by atoms with Crippen LogP contribution in [-0.2, 0) is 4.79 Å². The number of hydrogen-bond acceptors (Lipinski definition) is 3. The molecule has 0 bridgehead atoms. The van der Waals surface area contributed by atoms with Crippen molar-refractivity contribution in [3.8, 4) is 6.07 Å². The molecule has 4 heteroatoms. The van der Waals surface area contributed by atoms with E-state index >= 15 is 0 Å². The lowest BCUT2D eigenvalue weighted by atomic mass is 9.79.